The summed E-state index contributed by atoms with van der Waals surface area (Å²) in [7, 11) is 0. The molecule has 2 fully saturated rings. The van der Waals surface area contributed by atoms with Crippen LogP contribution in [-0.2, 0) is 12.8 Å². The SMILES string of the molecule is O=C(NC1CCCCC1)NC1CCN(C(=O)c2csc3c2CCCC3)CC1. The normalized spacial score (nSPS) is 21.6. The van der Waals surface area contributed by atoms with Gasteiger partial charge in [0.2, 0.25) is 0 Å². The fourth-order valence-electron chi connectivity index (χ4n) is 4.73. The predicted molar refractivity (Wildman–Crippen MR) is 108 cm³/mol. The number of carbonyl (C=O) groups is 2. The molecule has 0 bridgehead atoms. The number of urea groups is 1. The molecule has 0 spiro atoms. The first-order valence-corrected chi connectivity index (χ1v) is 11.5. The highest BCUT2D eigenvalue weighted by atomic mass is 32.1. The first-order chi connectivity index (χ1) is 13.2. The second-order valence-corrected chi connectivity index (χ2v) is 9.24. The Morgan fingerprint density at radius 1 is 0.889 bits per heavy atom. The van der Waals surface area contributed by atoms with Crippen LogP contribution in [0, 0.1) is 0 Å². The number of rotatable bonds is 3. The average molecular weight is 390 g/mol. The molecular formula is C21H31N3O2S. The summed E-state index contributed by atoms with van der Waals surface area (Å²) in [5, 5.41) is 8.32. The van der Waals surface area contributed by atoms with Crippen LogP contribution in [0.4, 0.5) is 4.79 Å². The van der Waals surface area contributed by atoms with Gasteiger partial charge in [-0.05, 0) is 56.9 Å². The van der Waals surface area contributed by atoms with Crippen LogP contribution >= 0.6 is 11.3 Å². The van der Waals surface area contributed by atoms with Crippen LogP contribution in [0.1, 0.15) is 78.6 Å². The molecule has 148 valence electrons. The number of amides is 3. The molecule has 3 aliphatic rings. The summed E-state index contributed by atoms with van der Waals surface area (Å²) in [5.74, 6) is 0.194. The zero-order valence-electron chi connectivity index (χ0n) is 16.1. The van der Waals surface area contributed by atoms with Gasteiger partial charge in [-0.15, -0.1) is 11.3 Å². The quantitative estimate of drug-likeness (QED) is 0.824. The molecule has 2 aliphatic carbocycles. The van der Waals surface area contributed by atoms with Crippen LogP contribution in [0.2, 0.25) is 0 Å². The largest absolute Gasteiger partial charge is 0.338 e. The minimum Gasteiger partial charge on any atom is -0.338 e. The van der Waals surface area contributed by atoms with Crippen molar-refractivity contribution in [1.82, 2.24) is 15.5 Å². The Morgan fingerprint density at radius 3 is 2.30 bits per heavy atom. The van der Waals surface area contributed by atoms with Gasteiger partial charge in [0.25, 0.3) is 5.91 Å². The third-order valence-corrected chi connectivity index (χ3v) is 7.44. The first kappa shape index (κ1) is 18.8. The number of fused-ring (bicyclic) bond motifs is 1. The molecule has 1 aromatic heterocycles. The molecule has 1 saturated carbocycles. The zero-order chi connectivity index (χ0) is 18.6. The molecule has 0 atom stereocenters. The molecule has 1 aliphatic heterocycles. The molecule has 0 radical (unpaired) electrons. The van der Waals surface area contributed by atoms with Gasteiger partial charge in [0.1, 0.15) is 0 Å². The predicted octanol–water partition coefficient (Wildman–Crippen LogP) is 3.86. The number of hydrogen-bond acceptors (Lipinski definition) is 3. The maximum Gasteiger partial charge on any atom is 0.315 e. The molecule has 5 nitrogen and oxygen atoms in total. The summed E-state index contributed by atoms with van der Waals surface area (Å²) >= 11 is 1.76. The fourth-order valence-corrected chi connectivity index (χ4v) is 5.85. The van der Waals surface area contributed by atoms with Crippen molar-refractivity contribution in [3.8, 4) is 0 Å². The maximum atomic E-state index is 13.0. The molecule has 0 unspecified atom stereocenters. The van der Waals surface area contributed by atoms with Gasteiger partial charge in [0.15, 0.2) is 0 Å². The van der Waals surface area contributed by atoms with E-state index >= 15 is 0 Å². The number of thiophene rings is 1. The minimum atomic E-state index is -0.0291. The Bertz CT molecular complexity index is 673. The molecule has 4 rings (SSSR count). The Balaban J connectivity index is 1.25. The van der Waals surface area contributed by atoms with E-state index in [2.05, 4.69) is 16.0 Å². The van der Waals surface area contributed by atoms with Crippen molar-refractivity contribution in [1.29, 1.82) is 0 Å². The number of hydrogen-bond donors (Lipinski definition) is 2. The lowest BCUT2D eigenvalue weighted by molar-refractivity contribution is 0.0707. The van der Waals surface area contributed by atoms with Crippen LogP contribution in [-0.4, -0.2) is 42.0 Å². The second-order valence-electron chi connectivity index (χ2n) is 8.28. The van der Waals surface area contributed by atoms with E-state index in [1.807, 2.05) is 4.90 Å². The highest BCUT2D eigenvalue weighted by Gasteiger charge is 2.28. The topological polar surface area (TPSA) is 61.4 Å². The van der Waals surface area contributed by atoms with E-state index in [-0.39, 0.29) is 18.0 Å². The van der Waals surface area contributed by atoms with Crippen molar-refractivity contribution in [3.63, 3.8) is 0 Å². The van der Waals surface area contributed by atoms with Gasteiger partial charge < -0.3 is 15.5 Å². The smallest absolute Gasteiger partial charge is 0.315 e. The van der Waals surface area contributed by atoms with Crippen LogP contribution in [0.25, 0.3) is 0 Å². The monoisotopic (exact) mass is 389 g/mol. The van der Waals surface area contributed by atoms with Crippen LogP contribution in [0.15, 0.2) is 5.38 Å². The summed E-state index contributed by atoms with van der Waals surface area (Å²) in [5.41, 5.74) is 2.25. The van der Waals surface area contributed by atoms with Crippen molar-refractivity contribution in [2.45, 2.75) is 82.7 Å². The van der Waals surface area contributed by atoms with E-state index in [0.717, 1.165) is 57.2 Å². The molecule has 1 saturated heterocycles. The summed E-state index contributed by atoms with van der Waals surface area (Å²) in [6.45, 7) is 1.47. The number of nitrogens with zero attached hydrogens (tertiary/aromatic N) is 1. The molecule has 2 heterocycles. The molecule has 6 heteroatoms. The lowest BCUT2D eigenvalue weighted by Crippen LogP contribution is -2.51. The highest BCUT2D eigenvalue weighted by molar-refractivity contribution is 7.10. The fraction of sp³-hybridized carbons (Fsp3) is 0.714. The number of piperidine rings is 1. The van der Waals surface area contributed by atoms with Crippen molar-refractivity contribution in [2.75, 3.05) is 13.1 Å². The zero-order valence-corrected chi connectivity index (χ0v) is 16.9. The molecule has 0 aromatic carbocycles. The lowest BCUT2D eigenvalue weighted by Gasteiger charge is -2.33. The van der Waals surface area contributed by atoms with Crippen molar-refractivity contribution in [2.24, 2.45) is 0 Å². The summed E-state index contributed by atoms with van der Waals surface area (Å²) in [6, 6.07) is 0.484. The number of carbonyl (C=O) groups excluding carboxylic acids is 2. The number of aryl methyl sites for hydroxylation is 1. The molecule has 2 N–H and O–H groups in total. The van der Waals surface area contributed by atoms with Crippen LogP contribution in [0.3, 0.4) is 0 Å². The highest BCUT2D eigenvalue weighted by Crippen LogP contribution is 2.31. The minimum absolute atomic E-state index is 0.0291. The van der Waals surface area contributed by atoms with E-state index in [1.54, 1.807) is 11.3 Å². The van der Waals surface area contributed by atoms with Crippen LogP contribution < -0.4 is 10.6 Å². The Hall–Kier alpha value is -1.56. The van der Waals surface area contributed by atoms with Gasteiger partial charge in [-0.3, -0.25) is 4.79 Å². The Kier molecular flexibility index (Phi) is 6.01. The third kappa shape index (κ3) is 4.48. The molecule has 27 heavy (non-hydrogen) atoms. The first-order valence-electron chi connectivity index (χ1n) is 10.7. The summed E-state index contributed by atoms with van der Waals surface area (Å²) in [4.78, 5) is 28.6. The van der Waals surface area contributed by atoms with Gasteiger partial charge >= 0.3 is 6.03 Å². The molecule has 1 aromatic rings. The van der Waals surface area contributed by atoms with Gasteiger partial charge in [0.05, 0.1) is 5.56 Å². The van der Waals surface area contributed by atoms with E-state index in [4.69, 9.17) is 0 Å². The average Bonchev–Trinajstić information content (AvgIpc) is 3.13. The van der Waals surface area contributed by atoms with E-state index in [1.165, 1.54) is 42.5 Å². The molecular weight excluding hydrogens is 358 g/mol. The van der Waals surface area contributed by atoms with Crippen LogP contribution in [0.5, 0.6) is 0 Å². The van der Waals surface area contributed by atoms with Crippen molar-refractivity contribution in [3.05, 3.63) is 21.4 Å². The maximum absolute atomic E-state index is 13.0. The lowest BCUT2D eigenvalue weighted by atomic mass is 9.95. The van der Waals surface area contributed by atoms with Crippen molar-refractivity contribution >= 4 is 23.3 Å². The molecule has 3 amide bonds. The van der Waals surface area contributed by atoms with E-state index in [0.29, 0.717) is 6.04 Å². The third-order valence-electron chi connectivity index (χ3n) is 6.35. The standard InChI is InChI=1S/C21H31N3O2S/c25-20(18-14-27-19-9-5-4-8-17(18)19)24-12-10-16(11-13-24)23-21(26)22-15-6-2-1-3-7-15/h14-16H,1-13H2,(H2,22,23,26). The Morgan fingerprint density at radius 2 is 1.56 bits per heavy atom. The van der Waals surface area contributed by atoms with Gasteiger partial charge in [-0.25, -0.2) is 4.79 Å². The second kappa shape index (κ2) is 8.63. The number of nitrogens with one attached hydrogen (secondary N) is 2. The van der Waals surface area contributed by atoms with Gasteiger partial charge in [0, 0.05) is 35.4 Å². The Labute approximate surface area is 165 Å². The van der Waals surface area contributed by atoms with Gasteiger partial charge in [-0.1, -0.05) is 19.3 Å². The number of likely N-dealkylation sites (tertiary alicyclic amines) is 1. The van der Waals surface area contributed by atoms with E-state index in [9.17, 15) is 9.59 Å². The van der Waals surface area contributed by atoms with Gasteiger partial charge in [-0.2, -0.15) is 0 Å². The summed E-state index contributed by atoms with van der Waals surface area (Å²) < 4.78 is 0. The van der Waals surface area contributed by atoms with E-state index < -0.39 is 0 Å². The summed E-state index contributed by atoms with van der Waals surface area (Å²) in [6.07, 6.45) is 12.3. The van der Waals surface area contributed by atoms with Crippen molar-refractivity contribution < 1.29 is 9.59 Å².